The lowest BCUT2D eigenvalue weighted by Gasteiger charge is -2.13. The zero-order valence-corrected chi connectivity index (χ0v) is 19.2. The number of hydrogen-bond acceptors (Lipinski definition) is 3. The fourth-order valence-corrected chi connectivity index (χ4v) is 4.53. The summed E-state index contributed by atoms with van der Waals surface area (Å²) in [5, 5.41) is 11.2. The predicted octanol–water partition coefficient (Wildman–Crippen LogP) is 6.58. The molecular weight excluding hydrogens is 426 g/mol. The maximum absolute atomic E-state index is 11.0. The van der Waals surface area contributed by atoms with Crippen molar-refractivity contribution in [3.8, 4) is 11.4 Å². The topological polar surface area (TPSA) is 64.6 Å². The highest BCUT2D eigenvalue weighted by Crippen LogP contribution is 2.32. The minimum absolute atomic E-state index is 0.00818. The van der Waals surface area contributed by atoms with Crippen LogP contribution >= 0.6 is 0 Å². The molecule has 0 saturated heterocycles. The van der Waals surface area contributed by atoms with Crippen LogP contribution in [-0.4, -0.2) is 22.2 Å². The summed E-state index contributed by atoms with van der Waals surface area (Å²) < 4.78 is 14.4. The summed E-state index contributed by atoms with van der Waals surface area (Å²) in [6.45, 7) is 2.69. The average molecular weight is 454 g/mol. The van der Waals surface area contributed by atoms with Crippen molar-refractivity contribution in [2.75, 3.05) is 6.61 Å². The van der Waals surface area contributed by atoms with Crippen LogP contribution in [0.5, 0.6) is 5.75 Å². The van der Waals surface area contributed by atoms with E-state index in [1.807, 2.05) is 24.3 Å². The first-order valence-corrected chi connectivity index (χ1v) is 11.7. The van der Waals surface area contributed by atoms with Gasteiger partial charge in [0.05, 0.1) is 18.5 Å². The van der Waals surface area contributed by atoms with Gasteiger partial charge in [-0.05, 0) is 60.5 Å². The van der Waals surface area contributed by atoms with Crippen LogP contribution in [0.25, 0.3) is 27.6 Å². The van der Waals surface area contributed by atoms with Gasteiger partial charge in [0.25, 0.3) is 0 Å². The zero-order valence-electron chi connectivity index (χ0n) is 19.2. The lowest BCUT2D eigenvalue weighted by atomic mass is 10.0. The van der Waals surface area contributed by atoms with E-state index < -0.39 is 5.97 Å². The lowest BCUT2D eigenvalue weighted by Crippen LogP contribution is -2.03. The Balaban J connectivity index is 1.34. The number of carboxylic acids is 1. The van der Waals surface area contributed by atoms with Crippen LogP contribution in [0.15, 0.2) is 83.4 Å². The Morgan fingerprint density at radius 3 is 2.65 bits per heavy atom. The van der Waals surface area contributed by atoms with Crippen molar-refractivity contribution in [3.05, 3.63) is 95.9 Å². The molecule has 0 amide bonds. The van der Waals surface area contributed by atoms with E-state index in [1.54, 1.807) is 6.07 Å². The highest BCUT2D eigenvalue weighted by Gasteiger charge is 2.13. The normalized spacial score (nSPS) is 11.3. The van der Waals surface area contributed by atoms with Crippen LogP contribution in [0.4, 0.5) is 0 Å². The second-order valence-corrected chi connectivity index (χ2v) is 8.50. The van der Waals surface area contributed by atoms with E-state index in [0.717, 1.165) is 46.6 Å². The number of rotatable bonds is 9. The summed E-state index contributed by atoms with van der Waals surface area (Å²) in [5.41, 5.74) is 5.09. The molecule has 0 spiro atoms. The number of fused-ring (bicyclic) bond motifs is 2. The molecule has 3 aromatic carbocycles. The maximum atomic E-state index is 11.0. The van der Waals surface area contributed by atoms with Gasteiger partial charge < -0.3 is 18.8 Å². The average Bonchev–Trinajstić information content (AvgIpc) is 3.44. The van der Waals surface area contributed by atoms with Crippen LogP contribution in [-0.2, 0) is 24.1 Å². The van der Waals surface area contributed by atoms with Crippen molar-refractivity contribution in [2.45, 2.75) is 32.6 Å². The molecule has 0 radical (unpaired) electrons. The second kappa shape index (κ2) is 9.48. The number of aromatic nitrogens is 1. The minimum Gasteiger partial charge on any atom is -0.493 e. The van der Waals surface area contributed by atoms with Gasteiger partial charge in [-0.1, -0.05) is 37.6 Å². The quantitative estimate of drug-likeness (QED) is 0.274. The molecule has 0 bridgehead atoms. The van der Waals surface area contributed by atoms with Crippen LogP contribution in [0.3, 0.4) is 0 Å². The van der Waals surface area contributed by atoms with E-state index >= 15 is 0 Å². The Labute approximate surface area is 198 Å². The Morgan fingerprint density at radius 2 is 1.85 bits per heavy atom. The van der Waals surface area contributed by atoms with Crippen LogP contribution < -0.4 is 4.74 Å². The number of aliphatic carboxylic acids is 1. The van der Waals surface area contributed by atoms with E-state index in [9.17, 15) is 4.79 Å². The number of hydrogen-bond donors (Lipinski definition) is 1. The summed E-state index contributed by atoms with van der Waals surface area (Å²) in [7, 11) is 0. The third kappa shape index (κ3) is 4.42. The molecule has 5 heteroatoms. The number of para-hydroxylation sites is 1. The van der Waals surface area contributed by atoms with Gasteiger partial charge in [-0.25, -0.2) is 0 Å². The molecule has 2 heterocycles. The first-order chi connectivity index (χ1) is 16.6. The summed E-state index contributed by atoms with van der Waals surface area (Å²) in [4.78, 5) is 11.0. The van der Waals surface area contributed by atoms with E-state index in [0.29, 0.717) is 13.0 Å². The van der Waals surface area contributed by atoms with E-state index in [4.69, 9.17) is 14.3 Å². The number of ether oxygens (including phenoxy) is 1. The first kappa shape index (κ1) is 21.8. The molecule has 34 heavy (non-hydrogen) atoms. The number of aryl methyl sites for hydroxylation is 1. The highest BCUT2D eigenvalue weighted by atomic mass is 16.5. The Morgan fingerprint density at radius 1 is 1.00 bits per heavy atom. The largest absolute Gasteiger partial charge is 0.493 e. The molecule has 0 aliphatic heterocycles. The molecule has 0 aliphatic rings. The fraction of sp³-hybridized carbons (Fsp3) is 0.207. The molecular formula is C29H27NO4. The van der Waals surface area contributed by atoms with Gasteiger partial charge in [-0.15, -0.1) is 0 Å². The summed E-state index contributed by atoms with van der Waals surface area (Å²) in [6, 6.07) is 24.2. The van der Waals surface area contributed by atoms with Gasteiger partial charge in [0.1, 0.15) is 17.1 Å². The molecule has 5 aromatic rings. The number of nitrogens with zero attached hydrogens (tertiary/aromatic N) is 1. The van der Waals surface area contributed by atoms with Crippen LogP contribution in [0.2, 0.25) is 0 Å². The first-order valence-electron chi connectivity index (χ1n) is 11.7. The van der Waals surface area contributed by atoms with Gasteiger partial charge in [-0.2, -0.15) is 0 Å². The molecule has 2 aromatic heterocycles. The van der Waals surface area contributed by atoms with Gasteiger partial charge in [0.15, 0.2) is 0 Å². The van der Waals surface area contributed by atoms with Crippen LogP contribution in [0.1, 0.15) is 30.2 Å². The Hall–Kier alpha value is -3.99. The van der Waals surface area contributed by atoms with Gasteiger partial charge in [-0.3, -0.25) is 4.79 Å². The number of carboxylic acid groups (broad SMARTS) is 1. The fourth-order valence-electron chi connectivity index (χ4n) is 4.53. The molecule has 0 fully saturated rings. The van der Waals surface area contributed by atoms with Gasteiger partial charge >= 0.3 is 5.97 Å². The molecule has 5 rings (SSSR count). The number of furan rings is 1. The molecule has 0 aliphatic carbocycles. The SMILES string of the molecule is CCCc1c(OCCc2cc3cc(CC(=O)O)ccc3o2)ccc2c1ccn2-c1ccccc1. The van der Waals surface area contributed by atoms with Crippen molar-refractivity contribution in [3.63, 3.8) is 0 Å². The molecule has 0 unspecified atom stereocenters. The molecule has 0 atom stereocenters. The Kier molecular flexibility index (Phi) is 6.09. The lowest BCUT2D eigenvalue weighted by molar-refractivity contribution is -0.136. The van der Waals surface area contributed by atoms with Crippen LogP contribution in [0, 0.1) is 0 Å². The predicted molar refractivity (Wildman–Crippen MR) is 134 cm³/mol. The summed E-state index contributed by atoms with van der Waals surface area (Å²) in [6.07, 6.45) is 4.75. The Bertz CT molecular complexity index is 1450. The third-order valence-electron chi connectivity index (χ3n) is 6.07. The maximum Gasteiger partial charge on any atom is 0.307 e. The third-order valence-corrected chi connectivity index (χ3v) is 6.07. The van der Waals surface area contributed by atoms with E-state index in [1.165, 1.54) is 16.5 Å². The van der Waals surface area contributed by atoms with E-state index in [-0.39, 0.29) is 6.42 Å². The molecule has 172 valence electrons. The van der Waals surface area contributed by atoms with Crippen molar-refractivity contribution >= 4 is 27.8 Å². The standard InChI is InChI=1S/C29H27NO4/c1-2-6-25-24-13-15-30(22-7-4-3-5-8-22)26(24)10-12-28(25)33-16-14-23-19-21-17-20(18-29(31)32)9-11-27(21)34-23/h3-5,7-13,15,17,19H,2,6,14,16,18H2,1H3,(H,31,32). The van der Waals surface area contributed by atoms with E-state index in [2.05, 4.69) is 60.2 Å². The minimum atomic E-state index is -0.838. The van der Waals surface area contributed by atoms with Crippen molar-refractivity contribution < 1.29 is 19.1 Å². The molecule has 1 N–H and O–H groups in total. The van der Waals surface area contributed by atoms with Gasteiger partial charge in [0, 0.05) is 34.6 Å². The summed E-state index contributed by atoms with van der Waals surface area (Å²) >= 11 is 0. The monoisotopic (exact) mass is 453 g/mol. The zero-order chi connectivity index (χ0) is 23.5. The summed E-state index contributed by atoms with van der Waals surface area (Å²) in [5.74, 6) is 0.909. The van der Waals surface area contributed by atoms with Crippen molar-refractivity contribution in [1.29, 1.82) is 0 Å². The number of benzene rings is 3. The number of carbonyl (C=O) groups is 1. The second-order valence-electron chi connectivity index (χ2n) is 8.50. The van der Waals surface area contributed by atoms with Crippen molar-refractivity contribution in [2.24, 2.45) is 0 Å². The molecule has 5 nitrogen and oxygen atoms in total. The smallest absolute Gasteiger partial charge is 0.307 e. The molecule has 0 saturated carbocycles. The van der Waals surface area contributed by atoms with Crippen molar-refractivity contribution in [1.82, 2.24) is 4.57 Å². The van der Waals surface area contributed by atoms with Gasteiger partial charge in [0.2, 0.25) is 0 Å². The highest BCUT2D eigenvalue weighted by molar-refractivity contribution is 5.87.